The summed E-state index contributed by atoms with van der Waals surface area (Å²) in [4.78, 5) is 27.4. The van der Waals surface area contributed by atoms with Gasteiger partial charge in [0.25, 0.3) is 0 Å². The van der Waals surface area contributed by atoms with Gasteiger partial charge in [-0.1, -0.05) is 30.3 Å². The van der Waals surface area contributed by atoms with Crippen LogP contribution in [0.5, 0.6) is 0 Å². The van der Waals surface area contributed by atoms with Crippen molar-refractivity contribution < 1.29 is 19.4 Å². The third-order valence-electron chi connectivity index (χ3n) is 3.00. The highest BCUT2D eigenvalue weighted by molar-refractivity contribution is 5.98. The number of pyridine rings is 1. The zero-order valence-corrected chi connectivity index (χ0v) is 11.8. The predicted octanol–water partition coefficient (Wildman–Crippen LogP) is 2.93. The Morgan fingerprint density at radius 3 is 2.48 bits per heavy atom. The first-order chi connectivity index (χ1) is 10.0. The lowest BCUT2D eigenvalue weighted by Gasteiger charge is -2.11. The minimum Gasteiger partial charge on any atom is -0.478 e. The number of hydrogen-bond donors (Lipinski definition) is 1. The third-order valence-corrected chi connectivity index (χ3v) is 3.00. The molecule has 21 heavy (non-hydrogen) atoms. The monoisotopic (exact) mass is 285 g/mol. The molecule has 1 aromatic heterocycles. The molecule has 1 heterocycles. The van der Waals surface area contributed by atoms with Gasteiger partial charge in [-0.2, -0.15) is 0 Å². The lowest BCUT2D eigenvalue weighted by Crippen LogP contribution is -2.13. The standard InChI is InChI=1S/C16H15NO4/c1-3-21-16(20)14-13(11-7-5-4-6-8-11)9-12(15(18)19)10(2)17-14/h4-9H,3H2,1-2H3,(H,18,19). The van der Waals surface area contributed by atoms with E-state index >= 15 is 0 Å². The van der Waals surface area contributed by atoms with Crippen molar-refractivity contribution in [1.29, 1.82) is 0 Å². The van der Waals surface area contributed by atoms with Crippen LogP contribution in [0, 0.1) is 6.92 Å². The van der Waals surface area contributed by atoms with Crippen LogP contribution in [-0.4, -0.2) is 28.6 Å². The van der Waals surface area contributed by atoms with Gasteiger partial charge >= 0.3 is 11.9 Å². The molecule has 0 saturated carbocycles. The number of carbonyl (C=O) groups is 2. The lowest BCUT2D eigenvalue weighted by atomic mass is 10.0. The van der Waals surface area contributed by atoms with E-state index in [4.69, 9.17) is 4.74 Å². The first-order valence-corrected chi connectivity index (χ1v) is 6.52. The number of aromatic nitrogens is 1. The first kappa shape index (κ1) is 14.7. The van der Waals surface area contributed by atoms with Gasteiger partial charge in [-0.15, -0.1) is 0 Å². The van der Waals surface area contributed by atoms with Gasteiger partial charge < -0.3 is 9.84 Å². The highest BCUT2D eigenvalue weighted by atomic mass is 16.5. The molecule has 5 nitrogen and oxygen atoms in total. The van der Waals surface area contributed by atoms with Gasteiger partial charge in [0, 0.05) is 5.56 Å². The van der Waals surface area contributed by atoms with Gasteiger partial charge in [0.15, 0.2) is 5.69 Å². The molecule has 0 bridgehead atoms. The smallest absolute Gasteiger partial charge is 0.357 e. The molecule has 0 aliphatic heterocycles. The van der Waals surface area contributed by atoms with Crippen LogP contribution in [0.1, 0.15) is 33.5 Å². The second-order valence-corrected chi connectivity index (χ2v) is 4.41. The minimum atomic E-state index is -1.08. The second kappa shape index (κ2) is 6.17. The van der Waals surface area contributed by atoms with Crippen molar-refractivity contribution in [3.8, 4) is 11.1 Å². The summed E-state index contributed by atoms with van der Waals surface area (Å²) in [5.74, 6) is -1.64. The number of aryl methyl sites for hydroxylation is 1. The minimum absolute atomic E-state index is 0.0712. The Bertz CT molecular complexity index is 680. The van der Waals surface area contributed by atoms with Crippen molar-refractivity contribution in [1.82, 2.24) is 4.98 Å². The summed E-state index contributed by atoms with van der Waals surface area (Å²) in [5.41, 5.74) is 1.66. The molecule has 108 valence electrons. The number of hydrogen-bond acceptors (Lipinski definition) is 4. The maximum absolute atomic E-state index is 12.0. The molecule has 1 aromatic carbocycles. The molecular weight excluding hydrogens is 270 g/mol. The fourth-order valence-electron chi connectivity index (χ4n) is 2.01. The van der Waals surface area contributed by atoms with E-state index in [9.17, 15) is 14.7 Å². The van der Waals surface area contributed by atoms with Gasteiger partial charge in [0.05, 0.1) is 17.9 Å². The largest absolute Gasteiger partial charge is 0.478 e. The molecule has 2 aromatic rings. The van der Waals surface area contributed by atoms with Gasteiger partial charge in [0.1, 0.15) is 0 Å². The van der Waals surface area contributed by atoms with E-state index in [-0.39, 0.29) is 23.6 Å². The molecule has 0 atom stereocenters. The van der Waals surface area contributed by atoms with Crippen LogP contribution in [0.15, 0.2) is 36.4 Å². The Morgan fingerprint density at radius 2 is 1.90 bits per heavy atom. The van der Waals surface area contributed by atoms with E-state index in [1.54, 1.807) is 26.0 Å². The average Bonchev–Trinajstić information content (AvgIpc) is 2.47. The van der Waals surface area contributed by atoms with Crippen molar-refractivity contribution in [3.05, 3.63) is 53.3 Å². The fourth-order valence-corrected chi connectivity index (χ4v) is 2.01. The predicted molar refractivity (Wildman–Crippen MR) is 77.3 cm³/mol. The molecule has 0 fully saturated rings. The van der Waals surface area contributed by atoms with Crippen molar-refractivity contribution in [2.75, 3.05) is 6.61 Å². The van der Waals surface area contributed by atoms with E-state index < -0.39 is 11.9 Å². The van der Waals surface area contributed by atoms with E-state index in [1.807, 2.05) is 18.2 Å². The van der Waals surface area contributed by atoms with Crippen LogP contribution in [0.4, 0.5) is 0 Å². The van der Waals surface area contributed by atoms with Crippen LogP contribution in [0.3, 0.4) is 0 Å². The number of ether oxygens (including phenoxy) is 1. The van der Waals surface area contributed by atoms with Gasteiger partial charge in [0.2, 0.25) is 0 Å². The van der Waals surface area contributed by atoms with Crippen molar-refractivity contribution in [3.63, 3.8) is 0 Å². The molecular formula is C16H15NO4. The molecule has 0 aliphatic carbocycles. The van der Waals surface area contributed by atoms with Crippen LogP contribution < -0.4 is 0 Å². The number of carbonyl (C=O) groups excluding carboxylic acids is 1. The normalized spacial score (nSPS) is 10.2. The summed E-state index contributed by atoms with van der Waals surface area (Å²) in [6, 6.07) is 10.5. The summed E-state index contributed by atoms with van der Waals surface area (Å²) in [6.45, 7) is 3.49. The Balaban J connectivity index is 2.66. The topological polar surface area (TPSA) is 76.5 Å². The van der Waals surface area contributed by atoms with Crippen molar-refractivity contribution >= 4 is 11.9 Å². The molecule has 1 N–H and O–H groups in total. The van der Waals surface area contributed by atoms with Crippen molar-refractivity contribution in [2.24, 2.45) is 0 Å². The molecule has 0 spiro atoms. The van der Waals surface area contributed by atoms with Crippen LogP contribution in [0.2, 0.25) is 0 Å². The number of esters is 1. The highest BCUT2D eigenvalue weighted by Gasteiger charge is 2.20. The third kappa shape index (κ3) is 3.08. The number of rotatable bonds is 4. The number of carboxylic acid groups (broad SMARTS) is 1. The molecule has 0 aliphatic rings. The van der Waals surface area contributed by atoms with Gasteiger partial charge in [-0.05, 0) is 25.5 Å². The maximum Gasteiger partial charge on any atom is 0.357 e. The number of aromatic carboxylic acids is 1. The summed E-state index contributed by atoms with van der Waals surface area (Å²) >= 11 is 0. The Labute approximate surface area is 122 Å². The summed E-state index contributed by atoms with van der Waals surface area (Å²) in [6.07, 6.45) is 0. The molecule has 2 rings (SSSR count). The highest BCUT2D eigenvalue weighted by Crippen LogP contribution is 2.25. The molecule has 0 radical (unpaired) electrons. The van der Waals surface area contributed by atoms with E-state index in [0.29, 0.717) is 5.56 Å². The maximum atomic E-state index is 12.0. The number of nitrogens with zero attached hydrogens (tertiary/aromatic N) is 1. The zero-order valence-electron chi connectivity index (χ0n) is 11.8. The van der Waals surface area contributed by atoms with Gasteiger partial charge in [-0.3, -0.25) is 0 Å². The lowest BCUT2D eigenvalue weighted by molar-refractivity contribution is 0.0518. The molecule has 0 saturated heterocycles. The van der Waals surface area contributed by atoms with Crippen LogP contribution in [0.25, 0.3) is 11.1 Å². The zero-order chi connectivity index (χ0) is 15.4. The van der Waals surface area contributed by atoms with E-state index in [0.717, 1.165) is 5.56 Å². The fraction of sp³-hybridized carbons (Fsp3) is 0.188. The molecule has 5 heteroatoms. The van der Waals surface area contributed by atoms with Crippen LogP contribution in [-0.2, 0) is 4.74 Å². The summed E-state index contributed by atoms with van der Waals surface area (Å²) in [7, 11) is 0. The second-order valence-electron chi connectivity index (χ2n) is 4.41. The Morgan fingerprint density at radius 1 is 1.24 bits per heavy atom. The summed E-state index contributed by atoms with van der Waals surface area (Å²) < 4.78 is 5.00. The van der Waals surface area contributed by atoms with Crippen molar-refractivity contribution in [2.45, 2.75) is 13.8 Å². The molecule has 0 unspecified atom stereocenters. The van der Waals surface area contributed by atoms with E-state index in [1.165, 1.54) is 6.07 Å². The number of benzene rings is 1. The SMILES string of the molecule is CCOC(=O)c1nc(C)c(C(=O)O)cc1-c1ccccc1. The van der Waals surface area contributed by atoms with E-state index in [2.05, 4.69) is 4.98 Å². The summed E-state index contributed by atoms with van der Waals surface area (Å²) in [5, 5.41) is 9.21. The number of carboxylic acids is 1. The average molecular weight is 285 g/mol. The molecule has 0 amide bonds. The quantitative estimate of drug-likeness (QED) is 0.874. The Kier molecular flexibility index (Phi) is 4.33. The van der Waals surface area contributed by atoms with Gasteiger partial charge in [-0.25, -0.2) is 14.6 Å². The first-order valence-electron chi connectivity index (χ1n) is 6.52. The Hall–Kier alpha value is -2.69. The van der Waals surface area contributed by atoms with Crippen LogP contribution >= 0.6 is 0 Å².